The number of nitrogens with two attached hydrogens (primary N) is 1. The normalized spacial score (nSPS) is 10.7. The van der Waals surface area contributed by atoms with Crippen molar-refractivity contribution in [2.24, 2.45) is 5.73 Å². The number of likely N-dealkylation sites (N-methyl/N-ethyl adjacent to an activating group) is 1. The number of hydrogen-bond acceptors (Lipinski definition) is 4. The van der Waals surface area contributed by atoms with Crippen molar-refractivity contribution >= 4 is 11.9 Å². The first-order valence-corrected chi connectivity index (χ1v) is 5.68. The van der Waals surface area contributed by atoms with Gasteiger partial charge in [0.05, 0.1) is 6.54 Å². The number of alkyl halides is 2. The molecule has 0 saturated heterocycles. The van der Waals surface area contributed by atoms with Crippen LogP contribution in [-0.2, 0) is 11.3 Å². The zero-order valence-corrected chi connectivity index (χ0v) is 10.8. The molecule has 0 aliphatic rings. The number of hydrogen-bond donors (Lipinski definition) is 2. The highest BCUT2D eigenvalue weighted by Gasteiger charge is 2.09. The molecule has 0 aliphatic heterocycles. The van der Waals surface area contributed by atoms with E-state index in [9.17, 15) is 18.4 Å². The van der Waals surface area contributed by atoms with Gasteiger partial charge in [0, 0.05) is 6.54 Å². The van der Waals surface area contributed by atoms with Crippen molar-refractivity contribution in [3.8, 4) is 5.75 Å². The second kappa shape index (κ2) is 7.39. The molecule has 0 fully saturated rings. The number of urea groups is 1. The van der Waals surface area contributed by atoms with Gasteiger partial charge in [-0.25, -0.2) is 4.79 Å². The molecular formula is C12H15F2N3O3. The van der Waals surface area contributed by atoms with Gasteiger partial charge in [0.25, 0.3) is 0 Å². The number of primary amides is 1. The number of carbonyl (C=O) groups is 2. The fourth-order valence-corrected chi connectivity index (χ4v) is 1.57. The number of carbonyl (C=O) groups excluding carboxylic acids is 2. The molecule has 0 saturated carbocycles. The lowest BCUT2D eigenvalue weighted by Gasteiger charge is -2.15. The second-order valence-corrected chi connectivity index (χ2v) is 4.11. The summed E-state index contributed by atoms with van der Waals surface area (Å²) in [5, 5.41) is 1.95. The standard InChI is InChI=1S/C12H15F2N3O3/c1-17(7-10(18)16-12(15)19)6-8-2-4-9(5-3-8)20-11(13)14/h2-5,11H,6-7H2,1H3,(H3,15,16,18,19). The van der Waals surface area contributed by atoms with Crippen LogP contribution < -0.4 is 15.8 Å². The summed E-state index contributed by atoms with van der Waals surface area (Å²) in [5.74, 6) is -0.449. The Bertz CT molecular complexity index is 466. The zero-order chi connectivity index (χ0) is 15.1. The summed E-state index contributed by atoms with van der Waals surface area (Å²) < 4.78 is 28.2. The molecule has 3 amide bonds. The molecule has 0 atom stereocenters. The van der Waals surface area contributed by atoms with E-state index >= 15 is 0 Å². The molecule has 1 rings (SSSR count). The van der Waals surface area contributed by atoms with E-state index in [-0.39, 0.29) is 12.3 Å². The molecule has 20 heavy (non-hydrogen) atoms. The van der Waals surface area contributed by atoms with Crippen molar-refractivity contribution in [1.82, 2.24) is 10.2 Å². The van der Waals surface area contributed by atoms with E-state index < -0.39 is 18.5 Å². The maximum atomic E-state index is 12.0. The van der Waals surface area contributed by atoms with Crippen LogP contribution >= 0.6 is 0 Å². The summed E-state index contributed by atoms with van der Waals surface area (Å²) in [6.07, 6.45) is 0. The lowest BCUT2D eigenvalue weighted by molar-refractivity contribution is -0.120. The Morgan fingerprint density at radius 1 is 1.35 bits per heavy atom. The zero-order valence-electron chi connectivity index (χ0n) is 10.8. The molecule has 0 radical (unpaired) electrons. The van der Waals surface area contributed by atoms with Crippen LogP contribution in [0.25, 0.3) is 0 Å². The Labute approximate surface area is 114 Å². The van der Waals surface area contributed by atoms with Crippen molar-refractivity contribution in [1.29, 1.82) is 0 Å². The maximum absolute atomic E-state index is 12.0. The molecular weight excluding hydrogens is 272 g/mol. The van der Waals surface area contributed by atoms with Crippen molar-refractivity contribution in [2.45, 2.75) is 13.2 Å². The highest BCUT2D eigenvalue weighted by atomic mass is 19.3. The molecule has 0 unspecified atom stereocenters. The molecule has 1 aromatic carbocycles. The average molecular weight is 287 g/mol. The number of imide groups is 1. The minimum absolute atomic E-state index is 0.0156. The first-order chi connectivity index (χ1) is 9.36. The van der Waals surface area contributed by atoms with E-state index in [1.807, 2.05) is 5.32 Å². The highest BCUT2D eigenvalue weighted by Crippen LogP contribution is 2.15. The van der Waals surface area contributed by atoms with Crippen molar-refractivity contribution < 1.29 is 23.1 Å². The Morgan fingerprint density at radius 3 is 2.45 bits per heavy atom. The molecule has 0 bridgehead atoms. The van der Waals surface area contributed by atoms with Crippen molar-refractivity contribution in [2.75, 3.05) is 13.6 Å². The lowest BCUT2D eigenvalue weighted by Crippen LogP contribution is -2.41. The number of halogens is 2. The van der Waals surface area contributed by atoms with E-state index in [0.29, 0.717) is 6.54 Å². The van der Waals surface area contributed by atoms with Gasteiger partial charge in [0.2, 0.25) is 5.91 Å². The quantitative estimate of drug-likeness (QED) is 0.814. The molecule has 1 aromatic rings. The fourth-order valence-electron chi connectivity index (χ4n) is 1.57. The van der Waals surface area contributed by atoms with Gasteiger partial charge in [-0.05, 0) is 24.7 Å². The van der Waals surface area contributed by atoms with Crippen LogP contribution in [-0.4, -0.2) is 37.0 Å². The molecule has 0 aromatic heterocycles. The SMILES string of the molecule is CN(CC(=O)NC(N)=O)Cc1ccc(OC(F)F)cc1. The maximum Gasteiger partial charge on any atom is 0.387 e. The molecule has 8 heteroatoms. The summed E-state index contributed by atoms with van der Waals surface area (Å²) in [4.78, 5) is 23.4. The number of nitrogens with zero attached hydrogens (tertiary/aromatic N) is 1. The minimum atomic E-state index is -2.86. The Hall–Kier alpha value is -2.22. The highest BCUT2D eigenvalue weighted by molar-refractivity contribution is 5.94. The Morgan fingerprint density at radius 2 is 1.95 bits per heavy atom. The van der Waals surface area contributed by atoms with E-state index in [2.05, 4.69) is 4.74 Å². The van der Waals surface area contributed by atoms with Gasteiger partial charge in [-0.2, -0.15) is 8.78 Å². The molecule has 3 N–H and O–H groups in total. The monoisotopic (exact) mass is 287 g/mol. The average Bonchev–Trinajstić information content (AvgIpc) is 2.29. The molecule has 6 nitrogen and oxygen atoms in total. The summed E-state index contributed by atoms with van der Waals surface area (Å²) in [6.45, 7) is -2.47. The van der Waals surface area contributed by atoms with Gasteiger partial charge < -0.3 is 10.5 Å². The number of benzene rings is 1. The van der Waals surface area contributed by atoms with Gasteiger partial charge >= 0.3 is 12.6 Å². The minimum Gasteiger partial charge on any atom is -0.435 e. The number of nitrogens with one attached hydrogen (secondary N) is 1. The predicted octanol–water partition coefficient (Wildman–Crippen LogP) is 0.915. The Balaban J connectivity index is 2.47. The largest absolute Gasteiger partial charge is 0.435 e. The number of ether oxygens (including phenoxy) is 1. The summed E-state index contributed by atoms with van der Waals surface area (Å²) in [6, 6.07) is 5.15. The smallest absolute Gasteiger partial charge is 0.387 e. The van der Waals surface area contributed by atoms with Crippen LogP contribution in [0.1, 0.15) is 5.56 Å². The summed E-state index contributed by atoms with van der Waals surface area (Å²) >= 11 is 0. The summed E-state index contributed by atoms with van der Waals surface area (Å²) in [7, 11) is 1.67. The molecule has 0 spiro atoms. The van der Waals surface area contributed by atoms with Crippen molar-refractivity contribution in [3.63, 3.8) is 0 Å². The predicted molar refractivity (Wildman–Crippen MR) is 67.1 cm³/mol. The first kappa shape index (κ1) is 15.8. The van der Waals surface area contributed by atoms with Crippen LogP contribution in [0.5, 0.6) is 5.75 Å². The summed E-state index contributed by atoms with van der Waals surface area (Å²) in [5.41, 5.74) is 5.62. The third-order valence-electron chi connectivity index (χ3n) is 2.28. The molecule has 0 aliphatic carbocycles. The van der Waals surface area contributed by atoms with Gasteiger partial charge in [-0.15, -0.1) is 0 Å². The van der Waals surface area contributed by atoms with E-state index in [1.165, 1.54) is 12.1 Å². The van der Waals surface area contributed by atoms with Gasteiger partial charge in [0.15, 0.2) is 0 Å². The fraction of sp³-hybridized carbons (Fsp3) is 0.333. The van der Waals surface area contributed by atoms with Crippen LogP contribution in [0.2, 0.25) is 0 Å². The van der Waals surface area contributed by atoms with Crippen LogP contribution in [0.3, 0.4) is 0 Å². The van der Waals surface area contributed by atoms with Gasteiger partial charge in [0.1, 0.15) is 5.75 Å². The first-order valence-electron chi connectivity index (χ1n) is 5.68. The van der Waals surface area contributed by atoms with E-state index in [1.54, 1.807) is 24.1 Å². The molecule has 110 valence electrons. The third-order valence-corrected chi connectivity index (χ3v) is 2.28. The van der Waals surface area contributed by atoms with Gasteiger partial charge in [-0.1, -0.05) is 12.1 Å². The number of rotatable bonds is 6. The van der Waals surface area contributed by atoms with Crippen molar-refractivity contribution in [3.05, 3.63) is 29.8 Å². The third kappa shape index (κ3) is 6.10. The van der Waals surface area contributed by atoms with Crippen LogP contribution in [0.15, 0.2) is 24.3 Å². The number of amides is 3. The van der Waals surface area contributed by atoms with E-state index in [0.717, 1.165) is 5.56 Å². The van der Waals surface area contributed by atoms with Crippen LogP contribution in [0.4, 0.5) is 13.6 Å². The lowest BCUT2D eigenvalue weighted by atomic mass is 10.2. The Kier molecular flexibility index (Phi) is 5.85. The molecule has 0 heterocycles. The van der Waals surface area contributed by atoms with E-state index in [4.69, 9.17) is 5.73 Å². The van der Waals surface area contributed by atoms with Crippen LogP contribution in [0, 0.1) is 0 Å². The van der Waals surface area contributed by atoms with Gasteiger partial charge in [-0.3, -0.25) is 15.0 Å². The second-order valence-electron chi connectivity index (χ2n) is 4.11. The topological polar surface area (TPSA) is 84.7 Å².